The maximum absolute atomic E-state index is 11.4. The van der Waals surface area contributed by atoms with Gasteiger partial charge in [-0.3, -0.25) is 4.90 Å². The van der Waals surface area contributed by atoms with E-state index < -0.39 is 15.4 Å². The molecule has 0 aromatic heterocycles. The first-order chi connectivity index (χ1) is 9.63. The summed E-state index contributed by atoms with van der Waals surface area (Å²) in [6, 6.07) is 7.01. The summed E-state index contributed by atoms with van der Waals surface area (Å²) in [5, 5.41) is 10.7. The van der Waals surface area contributed by atoms with Crippen molar-refractivity contribution < 1.29 is 13.5 Å². The van der Waals surface area contributed by atoms with E-state index in [-0.39, 0.29) is 11.8 Å². The third-order valence-electron chi connectivity index (χ3n) is 4.62. The van der Waals surface area contributed by atoms with Crippen LogP contribution >= 0.6 is 0 Å². The third-order valence-corrected chi connectivity index (χ3v) is 5.75. The molecule has 1 aromatic rings. The molecule has 0 saturated carbocycles. The summed E-state index contributed by atoms with van der Waals surface area (Å²) in [7, 11) is -3.14. The number of rotatable bonds is 4. The molecule has 1 saturated heterocycles. The standard InChI is InChI=1S/C16H25NO3S/c1-12(2)16(18)11-17(9-13(16)3)10-14-5-7-15(8-6-14)21(4,19)20/h5-8,12-13,18H,9-11H2,1-4H3/t13-,16-/m0/s1. The molecule has 1 aromatic carbocycles. The highest BCUT2D eigenvalue weighted by atomic mass is 32.2. The largest absolute Gasteiger partial charge is 0.388 e. The van der Waals surface area contributed by atoms with Crippen LogP contribution in [0.15, 0.2) is 29.2 Å². The van der Waals surface area contributed by atoms with Crippen LogP contribution < -0.4 is 0 Å². The monoisotopic (exact) mass is 311 g/mol. The molecule has 1 heterocycles. The molecule has 4 nitrogen and oxygen atoms in total. The first-order valence-corrected chi connectivity index (χ1v) is 9.26. The molecule has 21 heavy (non-hydrogen) atoms. The van der Waals surface area contributed by atoms with Crippen LogP contribution in [0.3, 0.4) is 0 Å². The predicted octanol–water partition coefficient (Wildman–Crippen LogP) is 1.93. The van der Waals surface area contributed by atoms with Gasteiger partial charge in [0.25, 0.3) is 0 Å². The summed E-state index contributed by atoms with van der Waals surface area (Å²) < 4.78 is 22.9. The van der Waals surface area contributed by atoms with E-state index in [2.05, 4.69) is 25.7 Å². The van der Waals surface area contributed by atoms with E-state index in [9.17, 15) is 13.5 Å². The highest BCUT2D eigenvalue weighted by molar-refractivity contribution is 7.90. The van der Waals surface area contributed by atoms with Crippen molar-refractivity contribution in [3.63, 3.8) is 0 Å². The Morgan fingerprint density at radius 2 is 1.90 bits per heavy atom. The van der Waals surface area contributed by atoms with Crippen LogP contribution in [0.25, 0.3) is 0 Å². The smallest absolute Gasteiger partial charge is 0.175 e. The van der Waals surface area contributed by atoms with Crippen molar-refractivity contribution in [1.82, 2.24) is 4.90 Å². The second-order valence-corrected chi connectivity index (χ2v) is 8.65. The summed E-state index contributed by atoms with van der Waals surface area (Å²) >= 11 is 0. The van der Waals surface area contributed by atoms with Gasteiger partial charge in [0.05, 0.1) is 10.5 Å². The van der Waals surface area contributed by atoms with Crippen molar-refractivity contribution in [3.05, 3.63) is 29.8 Å². The first-order valence-electron chi connectivity index (χ1n) is 7.36. The van der Waals surface area contributed by atoms with Crippen LogP contribution in [0.2, 0.25) is 0 Å². The topological polar surface area (TPSA) is 57.6 Å². The van der Waals surface area contributed by atoms with Gasteiger partial charge < -0.3 is 5.11 Å². The SMILES string of the molecule is CC(C)[C@@]1(O)CN(Cc2ccc(S(C)(=O)=O)cc2)C[C@@H]1C. The summed E-state index contributed by atoms with van der Waals surface area (Å²) in [5.41, 5.74) is 0.440. The number of sulfone groups is 1. The maximum atomic E-state index is 11.4. The molecule has 0 amide bonds. The Morgan fingerprint density at radius 3 is 2.33 bits per heavy atom. The Balaban J connectivity index is 2.07. The molecule has 0 spiro atoms. The van der Waals surface area contributed by atoms with Gasteiger partial charge in [-0.05, 0) is 29.5 Å². The Morgan fingerprint density at radius 1 is 1.33 bits per heavy atom. The lowest BCUT2D eigenvalue weighted by Crippen LogP contribution is -2.42. The molecular weight excluding hydrogens is 286 g/mol. The van der Waals surface area contributed by atoms with Crippen molar-refractivity contribution in [2.24, 2.45) is 11.8 Å². The zero-order valence-electron chi connectivity index (χ0n) is 13.2. The third kappa shape index (κ3) is 3.47. The molecule has 2 rings (SSSR count). The lowest BCUT2D eigenvalue weighted by Gasteiger charge is -2.31. The number of hydrogen-bond acceptors (Lipinski definition) is 4. The lowest BCUT2D eigenvalue weighted by molar-refractivity contribution is -0.0255. The number of likely N-dealkylation sites (tertiary alicyclic amines) is 1. The average molecular weight is 311 g/mol. The zero-order valence-corrected chi connectivity index (χ0v) is 14.0. The molecule has 0 aliphatic carbocycles. The van der Waals surface area contributed by atoms with Gasteiger partial charge in [-0.25, -0.2) is 8.42 Å². The molecule has 0 radical (unpaired) electrons. The second kappa shape index (κ2) is 5.71. The van der Waals surface area contributed by atoms with Crippen LogP contribution in [-0.4, -0.2) is 43.4 Å². The highest BCUT2D eigenvalue weighted by Crippen LogP contribution is 2.34. The lowest BCUT2D eigenvalue weighted by atomic mass is 9.82. The summed E-state index contributed by atoms with van der Waals surface area (Å²) in [5.74, 6) is 0.470. The molecular formula is C16H25NO3S. The fourth-order valence-electron chi connectivity index (χ4n) is 3.10. The van der Waals surface area contributed by atoms with Gasteiger partial charge in [0.2, 0.25) is 0 Å². The second-order valence-electron chi connectivity index (χ2n) is 6.63. The number of nitrogens with zero attached hydrogens (tertiary/aromatic N) is 1. The van der Waals surface area contributed by atoms with Crippen LogP contribution in [0, 0.1) is 11.8 Å². The fraction of sp³-hybridized carbons (Fsp3) is 0.625. The van der Waals surface area contributed by atoms with Crippen molar-refractivity contribution in [2.75, 3.05) is 19.3 Å². The molecule has 1 fully saturated rings. The van der Waals surface area contributed by atoms with E-state index in [0.717, 1.165) is 18.7 Å². The van der Waals surface area contributed by atoms with Crippen molar-refractivity contribution in [1.29, 1.82) is 0 Å². The fourth-order valence-corrected chi connectivity index (χ4v) is 3.73. The van der Waals surface area contributed by atoms with Gasteiger partial charge in [-0.1, -0.05) is 32.9 Å². The molecule has 5 heteroatoms. The van der Waals surface area contributed by atoms with Crippen LogP contribution in [0.5, 0.6) is 0 Å². The summed E-state index contributed by atoms with van der Waals surface area (Å²) in [6.07, 6.45) is 1.22. The van der Waals surface area contributed by atoms with Crippen LogP contribution in [0.1, 0.15) is 26.3 Å². The maximum Gasteiger partial charge on any atom is 0.175 e. The van der Waals surface area contributed by atoms with E-state index in [1.807, 2.05) is 12.1 Å². The Labute approximate surface area is 127 Å². The van der Waals surface area contributed by atoms with E-state index in [0.29, 0.717) is 11.4 Å². The average Bonchev–Trinajstić information content (AvgIpc) is 2.65. The van der Waals surface area contributed by atoms with Gasteiger partial charge in [-0.2, -0.15) is 0 Å². The summed E-state index contributed by atoms with van der Waals surface area (Å²) in [4.78, 5) is 2.58. The van der Waals surface area contributed by atoms with E-state index in [1.165, 1.54) is 6.26 Å². The number of benzene rings is 1. The van der Waals surface area contributed by atoms with Gasteiger partial charge in [0.15, 0.2) is 9.84 Å². The van der Waals surface area contributed by atoms with Crippen LogP contribution in [0.4, 0.5) is 0 Å². The Bertz CT molecular complexity index is 594. The van der Waals surface area contributed by atoms with Gasteiger partial charge in [0.1, 0.15) is 0 Å². The van der Waals surface area contributed by atoms with E-state index in [1.54, 1.807) is 12.1 Å². The number of aliphatic hydroxyl groups is 1. The Hall–Kier alpha value is -0.910. The van der Waals surface area contributed by atoms with Crippen molar-refractivity contribution in [3.8, 4) is 0 Å². The van der Waals surface area contributed by atoms with E-state index >= 15 is 0 Å². The molecule has 2 atom stereocenters. The number of hydrogen-bond donors (Lipinski definition) is 1. The molecule has 0 unspecified atom stereocenters. The van der Waals surface area contributed by atoms with E-state index in [4.69, 9.17) is 0 Å². The Kier molecular flexibility index (Phi) is 4.47. The number of β-amino-alcohol motifs (C(OH)–C–C–N with tert-alkyl or cyclic N) is 1. The van der Waals surface area contributed by atoms with Gasteiger partial charge >= 0.3 is 0 Å². The van der Waals surface area contributed by atoms with Crippen LogP contribution in [-0.2, 0) is 16.4 Å². The molecule has 118 valence electrons. The molecule has 1 aliphatic rings. The zero-order chi connectivity index (χ0) is 15.8. The van der Waals surface area contributed by atoms with Gasteiger partial charge in [-0.15, -0.1) is 0 Å². The first kappa shape index (κ1) is 16.5. The van der Waals surface area contributed by atoms with Crippen molar-refractivity contribution in [2.45, 2.75) is 37.8 Å². The minimum atomic E-state index is -3.14. The quantitative estimate of drug-likeness (QED) is 0.923. The van der Waals surface area contributed by atoms with Crippen molar-refractivity contribution >= 4 is 9.84 Å². The minimum Gasteiger partial charge on any atom is -0.388 e. The summed E-state index contributed by atoms with van der Waals surface area (Å²) in [6.45, 7) is 8.47. The molecule has 1 N–H and O–H groups in total. The minimum absolute atomic E-state index is 0.227. The normalized spacial score (nSPS) is 27.4. The van der Waals surface area contributed by atoms with Gasteiger partial charge in [0, 0.05) is 25.9 Å². The highest BCUT2D eigenvalue weighted by Gasteiger charge is 2.44. The molecule has 1 aliphatic heterocycles. The molecule has 0 bridgehead atoms. The predicted molar refractivity (Wildman–Crippen MR) is 83.8 cm³/mol.